The van der Waals surface area contributed by atoms with Gasteiger partial charge in [0.2, 0.25) is 10.0 Å². The summed E-state index contributed by atoms with van der Waals surface area (Å²) < 4.78 is 26.8. The Balaban J connectivity index is 1.89. The van der Waals surface area contributed by atoms with Gasteiger partial charge in [-0.3, -0.25) is 9.62 Å². The predicted octanol–water partition coefficient (Wildman–Crippen LogP) is 1.09. The predicted molar refractivity (Wildman–Crippen MR) is 87.5 cm³/mol. The summed E-state index contributed by atoms with van der Waals surface area (Å²) in [7, 11) is -3.33. The monoisotopic (exact) mass is 332 g/mol. The van der Waals surface area contributed by atoms with Gasteiger partial charge in [0.05, 0.1) is 11.4 Å². The van der Waals surface area contributed by atoms with Crippen molar-refractivity contribution in [1.82, 2.24) is 15.2 Å². The molecule has 1 fully saturated rings. The molecule has 120 valence electrons. The molecule has 0 bridgehead atoms. The van der Waals surface area contributed by atoms with Crippen molar-refractivity contribution in [1.29, 1.82) is 0 Å². The van der Waals surface area contributed by atoms with E-state index < -0.39 is 10.0 Å². The zero-order chi connectivity index (χ0) is 15.5. The third kappa shape index (κ3) is 5.21. The summed E-state index contributed by atoms with van der Waals surface area (Å²) in [6, 6.07) is 0. The highest BCUT2D eigenvalue weighted by Crippen LogP contribution is 2.26. The van der Waals surface area contributed by atoms with Crippen LogP contribution in [0.1, 0.15) is 26.5 Å². The lowest BCUT2D eigenvalue weighted by Crippen LogP contribution is -2.45. The molecule has 1 aromatic rings. The minimum absolute atomic E-state index is 0.0685. The van der Waals surface area contributed by atoms with Gasteiger partial charge in [0.15, 0.2) is 5.13 Å². The quantitative estimate of drug-likeness (QED) is 0.844. The second-order valence-electron chi connectivity index (χ2n) is 6.30. The molecule has 2 N–H and O–H groups in total. The summed E-state index contributed by atoms with van der Waals surface area (Å²) in [5, 5.41) is 5.62. The molecule has 0 amide bonds. The second-order valence-corrected chi connectivity index (χ2v) is 9.00. The Hall–Kier alpha value is -0.700. The molecule has 0 spiro atoms. The summed E-state index contributed by atoms with van der Waals surface area (Å²) in [6.07, 6.45) is 0. The number of nitrogens with one attached hydrogen (secondary N) is 2. The first-order valence-corrected chi connectivity index (χ1v) is 9.69. The lowest BCUT2D eigenvalue weighted by Gasteiger charge is -2.26. The minimum Gasteiger partial charge on any atom is -0.314 e. The third-order valence-corrected chi connectivity index (χ3v) is 5.51. The maximum Gasteiger partial charge on any atom is 0.235 e. The Morgan fingerprint density at radius 1 is 1.38 bits per heavy atom. The Kier molecular flexibility index (Phi) is 5.24. The molecule has 6 nitrogen and oxygen atoms in total. The molecule has 21 heavy (non-hydrogen) atoms. The van der Waals surface area contributed by atoms with Gasteiger partial charge >= 0.3 is 0 Å². The van der Waals surface area contributed by atoms with Crippen molar-refractivity contribution < 1.29 is 8.42 Å². The van der Waals surface area contributed by atoms with Crippen LogP contribution in [0.5, 0.6) is 0 Å². The molecule has 1 aliphatic heterocycles. The van der Waals surface area contributed by atoms with Crippen LogP contribution in [0, 0.1) is 0 Å². The van der Waals surface area contributed by atoms with Crippen LogP contribution in [0.4, 0.5) is 5.13 Å². The zero-order valence-corrected chi connectivity index (χ0v) is 14.5. The summed E-state index contributed by atoms with van der Waals surface area (Å²) in [5.41, 5.74) is 0.841. The molecule has 0 atom stereocenters. The zero-order valence-electron chi connectivity index (χ0n) is 12.8. The highest BCUT2D eigenvalue weighted by molar-refractivity contribution is 7.92. The van der Waals surface area contributed by atoms with E-state index in [9.17, 15) is 8.42 Å². The van der Waals surface area contributed by atoms with Crippen molar-refractivity contribution in [3.8, 4) is 0 Å². The van der Waals surface area contributed by atoms with Gasteiger partial charge in [-0.2, -0.15) is 0 Å². The number of thiazole rings is 1. The maximum atomic E-state index is 12.1. The summed E-state index contributed by atoms with van der Waals surface area (Å²) in [5.74, 6) is 0.109. The van der Waals surface area contributed by atoms with E-state index in [0.29, 0.717) is 11.7 Å². The summed E-state index contributed by atoms with van der Waals surface area (Å²) >= 11 is 1.34. The average Bonchev–Trinajstić information content (AvgIpc) is 2.85. The molecular weight excluding hydrogens is 308 g/mol. The van der Waals surface area contributed by atoms with Gasteiger partial charge in [0, 0.05) is 43.5 Å². The first-order chi connectivity index (χ1) is 9.76. The van der Waals surface area contributed by atoms with Crippen LogP contribution in [-0.2, 0) is 15.4 Å². The fourth-order valence-electron chi connectivity index (χ4n) is 2.03. The first-order valence-electron chi connectivity index (χ1n) is 7.16. The molecule has 0 aliphatic carbocycles. The molecule has 2 heterocycles. The Morgan fingerprint density at radius 3 is 2.62 bits per heavy atom. The van der Waals surface area contributed by atoms with E-state index in [2.05, 4.69) is 40.7 Å². The van der Waals surface area contributed by atoms with Crippen molar-refractivity contribution in [2.24, 2.45) is 0 Å². The highest BCUT2D eigenvalue weighted by atomic mass is 32.2. The number of aromatic nitrogens is 1. The van der Waals surface area contributed by atoms with Crippen molar-refractivity contribution >= 4 is 26.5 Å². The number of piperazine rings is 1. The van der Waals surface area contributed by atoms with Gasteiger partial charge in [-0.1, -0.05) is 20.8 Å². The van der Waals surface area contributed by atoms with E-state index in [1.54, 1.807) is 0 Å². The molecule has 2 rings (SSSR count). The third-order valence-electron chi connectivity index (χ3n) is 3.40. The van der Waals surface area contributed by atoms with Gasteiger partial charge < -0.3 is 5.32 Å². The molecule has 1 aromatic heterocycles. The topological polar surface area (TPSA) is 74.3 Å². The molecule has 0 unspecified atom stereocenters. The number of hydrogen-bond acceptors (Lipinski definition) is 6. The molecule has 0 aromatic carbocycles. The minimum atomic E-state index is -3.33. The largest absolute Gasteiger partial charge is 0.314 e. The first kappa shape index (κ1) is 16.7. The van der Waals surface area contributed by atoms with Crippen molar-refractivity contribution in [3.63, 3.8) is 0 Å². The highest BCUT2D eigenvalue weighted by Gasteiger charge is 2.20. The average molecular weight is 332 g/mol. The van der Waals surface area contributed by atoms with Gasteiger partial charge in [-0.05, 0) is 0 Å². The van der Waals surface area contributed by atoms with Gasteiger partial charge in [-0.15, -0.1) is 11.3 Å². The van der Waals surface area contributed by atoms with Crippen LogP contribution in [0.25, 0.3) is 0 Å². The van der Waals surface area contributed by atoms with Crippen LogP contribution in [0.2, 0.25) is 0 Å². The van der Waals surface area contributed by atoms with Gasteiger partial charge in [0.1, 0.15) is 0 Å². The number of sulfonamides is 1. The number of rotatable bonds is 5. The van der Waals surface area contributed by atoms with E-state index in [4.69, 9.17) is 0 Å². The molecular formula is C13H24N4O2S2. The standard InChI is InChI=1S/C13H24N4O2S2/c1-13(2,3)11-10-20-12(15-11)16-21(18,19)9-8-17-6-4-14-5-7-17/h10,14H,4-9H2,1-3H3,(H,15,16). The van der Waals surface area contributed by atoms with E-state index in [0.717, 1.165) is 31.9 Å². The van der Waals surface area contributed by atoms with Crippen LogP contribution in [0.3, 0.4) is 0 Å². The fourth-order valence-corrected chi connectivity index (χ4v) is 4.30. The van der Waals surface area contributed by atoms with Crippen LogP contribution in [0.15, 0.2) is 5.38 Å². The number of nitrogens with zero attached hydrogens (tertiary/aromatic N) is 2. The van der Waals surface area contributed by atoms with Crippen molar-refractivity contribution in [2.75, 3.05) is 43.2 Å². The number of hydrogen-bond donors (Lipinski definition) is 2. The van der Waals surface area contributed by atoms with Crippen molar-refractivity contribution in [2.45, 2.75) is 26.2 Å². The summed E-state index contributed by atoms with van der Waals surface area (Å²) in [4.78, 5) is 6.53. The maximum absolute atomic E-state index is 12.1. The van der Waals surface area contributed by atoms with E-state index >= 15 is 0 Å². The normalized spacial score (nSPS) is 17.9. The Bertz CT molecular complexity index is 557. The summed E-state index contributed by atoms with van der Waals surface area (Å²) in [6.45, 7) is 10.4. The lowest BCUT2D eigenvalue weighted by molar-refractivity contribution is 0.254. The van der Waals surface area contributed by atoms with Crippen LogP contribution >= 0.6 is 11.3 Å². The molecule has 8 heteroatoms. The second kappa shape index (κ2) is 6.60. The lowest BCUT2D eigenvalue weighted by atomic mass is 9.93. The molecule has 1 aliphatic rings. The SMILES string of the molecule is CC(C)(C)c1csc(NS(=O)(=O)CCN2CCNCC2)n1. The number of anilines is 1. The van der Waals surface area contributed by atoms with Crippen LogP contribution in [-0.4, -0.2) is 56.8 Å². The Morgan fingerprint density at radius 2 is 2.05 bits per heavy atom. The van der Waals surface area contributed by atoms with E-state index in [1.807, 2.05) is 5.38 Å². The molecule has 0 radical (unpaired) electrons. The Labute approximate surface area is 131 Å². The van der Waals surface area contributed by atoms with Gasteiger partial charge in [-0.25, -0.2) is 13.4 Å². The smallest absolute Gasteiger partial charge is 0.235 e. The van der Waals surface area contributed by atoms with E-state index in [1.165, 1.54) is 11.3 Å². The van der Waals surface area contributed by atoms with Crippen molar-refractivity contribution in [3.05, 3.63) is 11.1 Å². The van der Waals surface area contributed by atoms with Gasteiger partial charge in [0.25, 0.3) is 0 Å². The van der Waals surface area contributed by atoms with Crippen LogP contribution < -0.4 is 10.0 Å². The van der Waals surface area contributed by atoms with E-state index in [-0.39, 0.29) is 11.2 Å². The molecule has 0 saturated carbocycles. The molecule has 1 saturated heterocycles. The fraction of sp³-hybridized carbons (Fsp3) is 0.769.